The zero-order valence-electron chi connectivity index (χ0n) is 22.9. The number of unbranched alkanes of at least 4 members (excludes halogenated alkanes) is 1. The first-order valence-corrected chi connectivity index (χ1v) is 13.4. The molecule has 2 aromatic rings. The topological polar surface area (TPSA) is 226 Å². The van der Waals surface area contributed by atoms with Gasteiger partial charge in [0.2, 0.25) is 17.7 Å². The SMILES string of the molecule is CCC(C)C(NC(=O)C(N)Cc1cnc[nH]1)C(=O)NC(Cc1ccc(O)cc1)C(=O)NC(CCCCN)C(=O)O. The van der Waals surface area contributed by atoms with Crippen molar-refractivity contribution >= 4 is 23.7 Å². The van der Waals surface area contributed by atoms with Gasteiger partial charge in [-0.1, -0.05) is 32.4 Å². The zero-order chi connectivity index (χ0) is 29.7. The Balaban J connectivity index is 2.22. The summed E-state index contributed by atoms with van der Waals surface area (Å²) in [7, 11) is 0. The predicted octanol–water partition coefficient (Wildman–Crippen LogP) is -0.0581. The van der Waals surface area contributed by atoms with E-state index in [1.165, 1.54) is 18.5 Å². The summed E-state index contributed by atoms with van der Waals surface area (Å²) < 4.78 is 0. The second-order valence-electron chi connectivity index (χ2n) is 9.87. The number of carboxylic acids is 1. The molecule has 0 spiro atoms. The van der Waals surface area contributed by atoms with E-state index in [4.69, 9.17) is 11.5 Å². The number of aromatic amines is 1. The van der Waals surface area contributed by atoms with E-state index in [0.717, 1.165) is 0 Å². The molecule has 2 rings (SSSR count). The van der Waals surface area contributed by atoms with E-state index in [0.29, 0.717) is 37.1 Å². The number of nitrogens with two attached hydrogens (primary N) is 2. The van der Waals surface area contributed by atoms with Gasteiger partial charge in [-0.25, -0.2) is 9.78 Å². The molecule has 1 aromatic carbocycles. The highest BCUT2D eigenvalue weighted by atomic mass is 16.4. The fraction of sp³-hybridized carbons (Fsp3) is 0.519. The summed E-state index contributed by atoms with van der Waals surface area (Å²) in [6.07, 6.45) is 5.07. The van der Waals surface area contributed by atoms with Crippen molar-refractivity contribution in [3.05, 3.63) is 48.0 Å². The first-order valence-electron chi connectivity index (χ1n) is 13.4. The first kappa shape index (κ1) is 32.2. The zero-order valence-corrected chi connectivity index (χ0v) is 22.9. The van der Waals surface area contributed by atoms with Gasteiger partial charge in [0.1, 0.15) is 23.9 Å². The van der Waals surface area contributed by atoms with E-state index in [9.17, 15) is 29.4 Å². The average Bonchev–Trinajstić information content (AvgIpc) is 3.44. The fourth-order valence-electron chi connectivity index (χ4n) is 4.05. The van der Waals surface area contributed by atoms with Gasteiger partial charge in [0.05, 0.1) is 12.4 Å². The van der Waals surface area contributed by atoms with Crippen LogP contribution in [0.1, 0.15) is 50.8 Å². The number of aromatic hydroxyl groups is 1. The van der Waals surface area contributed by atoms with Gasteiger partial charge < -0.3 is 42.6 Å². The van der Waals surface area contributed by atoms with Crippen molar-refractivity contribution < 1.29 is 29.4 Å². The van der Waals surface area contributed by atoms with Crippen LogP contribution in [0.4, 0.5) is 0 Å². The number of nitrogens with one attached hydrogen (secondary N) is 4. The highest BCUT2D eigenvalue weighted by Crippen LogP contribution is 2.14. The van der Waals surface area contributed by atoms with Gasteiger partial charge in [0, 0.05) is 24.7 Å². The molecule has 3 amide bonds. The Morgan fingerprint density at radius 2 is 1.65 bits per heavy atom. The van der Waals surface area contributed by atoms with Crippen LogP contribution in [0.5, 0.6) is 5.75 Å². The maximum absolute atomic E-state index is 13.5. The molecule has 0 saturated carbocycles. The van der Waals surface area contributed by atoms with Crippen LogP contribution in [0, 0.1) is 5.92 Å². The number of hydrogen-bond acceptors (Lipinski definition) is 8. The molecule has 220 valence electrons. The largest absolute Gasteiger partial charge is 0.508 e. The summed E-state index contributed by atoms with van der Waals surface area (Å²) in [5, 5.41) is 27.2. The van der Waals surface area contributed by atoms with E-state index < -0.39 is 47.9 Å². The summed E-state index contributed by atoms with van der Waals surface area (Å²) in [6.45, 7) is 4.05. The van der Waals surface area contributed by atoms with Crippen LogP contribution < -0.4 is 27.4 Å². The molecule has 5 unspecified atom stereocenters. The number of hydrogen-bond donors (Lipinski definition) is 8. The van der Waals surface area contributed by atoms with Crippen molar-refractivity contribution in [1.29, 1.82) is 0 Å². The van der Waals surface area contributed by atoms with Gasteiger partial charge >= 0.3 is 5.97 Å². The smallest absolute Gasteiger partial charge is 0.326 e. The van der Waals surface area contributed by atoms with Gasteiger partial charge in [-0.3, -0.25) is 14.4 Å². The summed E-state index contributed by atoms with van der Waals surface area (Å²) >= 11 is 0. The lowest BCUT2D eigenvalue weighted by atomic mass is 9.96. The Kier molecular flexibility index (Phi) is 13.1. The van der Waals surface area contributed by atoms with E-state index in [1.807, 2.05) is 6.92 Å². The van der Waals surface area contributed by atoms with Crippen LogP contribution in [0.15, 0.2) is 36.8 Å². The molecule has 0 aliphatic carbocycles. The second-order valence-corrected chi connectivity index (χ2v) is 9.87. The standard InChI is InChI=1S/C27H41N7O6/c1-3-16(2)23(34-24(36)20(29)13-18-14-30-15-31-18)26(38)33-22(12-17-7-9-19(35)10-8-17)25(37)32-21(27(39)40)6-4-5-11-28/h7-10,14-16,20-23,35H,3-6,11-13,28-29H2,1-2H3,(H,30,31)(H,32,37)(H,33,38)(H,34,36)(H,39,40). The minimum Gasteiger partial charge on any atom is -0.508 e. The number of nitrogens with zero attached hydrogens (tertiary/aromatic N) is 1. The average molecular weight is 560 g/mol. The summed E-state index contributed by atoms with van der Waals surface area (Å²) in [5.74, 6) is -3.30. The number of imidazole rings is 1. The number of H-pyrrole nitrogens is 1. The molecule has 0 saturated heterocycles. The molecule has 13 heteroatoms. The Hall–Kier alpha value is -3.97. The number of phenols is 1. The molecule has 40 heavy (non-hydrogen) atoms. The van der Waals surface area contributed by atoms with E-state index >= 15 is 0 Å². The Labute approximate surface area is 233 Å². The van der Waals surface area contributed by atoms with Crippen LogP contribution >= 0.6 is 0 Å². The third-order valence-electron chi connectivity index (χ3n) is 6.70. The molecular formula is C27H41N7O6. The molecule has 0 radical (unpaired) electrons. The normalized spacial score (nSPS) is 14.8. The van der Waals surface area contributed by atoms with E-state index in [2.05, 4.69) is 25.9 Å². The van der Waals surface area contributed by atoms with Crippen molar-refractivity contribution in [1.82, 2.24) is 25.9 Å². The van der Waals surface area contributed by atoms with Gasteiger partial charge in [-0.05, 0) is 49.4 Å². The van der Waals surface area contributed by atoms with Gasteiger partial charge in [0.25, 0.3) is 0 Å². The van der Waals surface area contributed by atoms with Crippen LogP contribution in [0.2, 0.25) is 0 Å². The molecule has 10 N–H and O–H groups in total. The maximum atomic E-state index is 13.5. The van der Waals surface area contributed by atoms with Gasteiger partial charge in [0.15, 0.2) is 0 Å². The Morgan fingerprint density at radius 3 is 2.23 bits per heavy atom. The molecule has 0 aliphatic heterocycles. The van der Waals surface area contributed by atoms with Crippen LogP contribution in [-0.4, -0.2) is 74.6 Å². The van der Waals surface area contributed by atoms with Crippen LogP contribution in [0.3, 0.4) is 0 Å². The Morgan fingerprint density at radius 1 is 0.975 bits per heavy atom. The summed E-state index contributed by atoms with van der Waals surface area (Å²) in [5.41, 5.74) is 12.8. The molecule has 13 nitrogen and oxygen atoms in total. The quantitative estimate of drug-likeness (QED) is 0.121. The van der Waals surface area contributed by atoms with Crippen molar-refractivity contribution in [2.75, 3.05) is 6.54 Å². The number of carboxylic acid groups (broad SMARTS) is 1. The third-order valence-corrected chi connectivity index (χ3v) is 6.70. The number of amides is 3. The van der Waals surface area contributed by atoms with Crippen molar-refractivity contribution in [3.8, 4) is 5.75 Å². The molecule has 1 aromatic heterocycles. The van der Waals surface area contributed by atoms with Crippen LogP contribution in [-0.2, 0) is 32.0 Å². The van der Waals surface area contributed by atoms with Crippen molar-refractivity contribution in [2.45, 2.75) is 76.5 Å². The Bertz CT molecular complexity index is 1090. The predicted molar refractivity (Wildman–Crippen MR) is 148 cm³/mol. The lowest BCUT2D eigenvalue weighted by molar-refractivity contribution is -0.142. The lowest BCUT2D eigenvalue weighted by Crippen LogP contribution is -2.59. The number of aliphatic carboxylic acids is 1. The maximum Gasteiger partial charge on any atom is 0.326 e. The monoisotopic (exact) mass is 559 g/mol. The molecule has 0 bridgehead atoms. The molecule has 5 atom stereocenters. The highest BCUT2D eigenvalue weighted by molar-refractivity contribution is 5.94. The first-order chi connectivity index (χ1) is 19.0. The number of carbonyl (C=O) groups is 4. The van der Waals surface area contributed by atoms with E-state index in [1.54, 1.807) is 25.3 Å². The van der Waals surface area contributed by atoms with Gasteiger partial charge in [-0.15, -0.1) is 0 Å². The number of phenolic OH excluding ortho intramolecular Hbond substituents is 1. The number of aromatic nitrogens is 2. The molecule has 1 heterocycles. The third kappa shape index (κ3) is 10.3. The number of benzene rings is 1. The van der Waals surface area contributed by atoms with Gasteiger partial charge in [-0.2, -0.15) is 0 Å². The number of rotatable bonds is 17. The van der Waals surface area contributed by atoms with Crippen molar-refractivity contribution in [3.63, 3.8) is 0 Å². The minimum absolute atomic E-state index is 0.0213. The molecule has 0 aliphatic rings. The number of carbonyl (C=O) groups excluding carboxylic acids is 3. The lowest BCUT2D eigenvalue weighted by Gasteiger charge is -2.28. The molecule has 0 fully saturated rings. The fourth-order valence-corrected chi connectivity index (χ4v) is 4.05. The highest BCUT2D eigenvalue weighted by Gasteiger charge is 2.32. The second kappa shape index (κ2) is 16.2. The summed E-state index contributed by atoms with van der Waals surface area (Å²) in [4.78, 5) is 58.2. The van der Waals surface area contributed by atoms with Crippen molar-refractivity contribution in [2.24, 2.45) is 17.4 Å². The van der Waals surface area contributed by atoms with E-state index in [-0.39, 0.29) is 30.9 Å². The van der Waals surface area contributed by atoms with Crippen LogP contribution in [0.25, 0.3) is 0 Å². The minimum atomic E-state index is -1.20. The molecular weight excluding hydrogens is 518 g/mol. The summed E-state index contributed by atoms with van der Waals surface area (Å²) in [6, 6.07) is 1.82.